The van der Waals surface area contributed by atoms with E-state index >= 15 is 0 Å². The number of carbonyl (C=O) groups is 1. The lowest BCUT2D eigenvalue weighted by Gasteiger charge is -2.45. The Bertz CT molecular complexity index is 775. The first-order valence-corrected chi connectivity index (χ1v) is 8.64. The number of hydrogen-bond acceptors (Lipinski definition) is 6. The number of aromatic nitrogens is 2. The van der Waals surface area contributed by atoms with Gasteiger partial charge in [-0.3, -0.25) is 9.69 Å². The van der Waals surface area contributed by atoms with Crippen molar-refractivity contribution in [3.63, 3.8) is 0 Å². The van der Waals surface area contributed by atoms with Gasteiger partial charge >= 0.3 is 0 Å². The van der Waals surface area contributed by atoms with Crippen LogP contribution in [0.3, 0.4) is 0 Å². The number of likely N-dealkylation sites (tertiary alicyclic amines) is 1. The summed E-state index contributed by atoms with van der Waals surface area (Å²) in [6, 6.07) is 7.67. The van der Waals surface area contributed by atoms with Gasteiger partial charge in [0.05, 0.1) is 29.9 Å². The number of morpholine rings is 1. The Morgan fingerprint density at radius 2 is 2.12 bits per heavy atom. The molecule has 2 fully saturated rings. The van der Waals surface area contributed by atoms with Crippen LogP contribution >= 0.6 is 0 Å². The molecule has 25 heavy (non-hydrogen) atoms. The summed E-state index contributed by atoms with van der Waals surface area (Å²) in [5.74, 6) is 0.942. The highest BCUT2D eigenvalue weighted by molar-refractivity contribution is 6.00. The second kappa shape index (κ2) is 6.57. The summed E-state index contributed by atoms with van der Waals surface area (Å²) in [4.78, 5) is 21.6. The molecule has 132 valence electrons. The number of rotatable bonds is 2. The van der Waals surface area contributed by atoms with Gasteiger partial charge in [0.15, 0.2) is 5.82 Å². The first-order chi connectivity index (χ1) is 12.1. The van der Waals surface area contributed by atoms with Gasteiger partial charge in [0, 0.05) is 19.6 Å². The summed E-state index contributed by atoms with van der Waals surface area (Å²) < 4.78 is 11.1. The largest absolute Gasteiger partial charge is 0.375 e. The van der Waals surface area contributed by atoms with Crippen molar-refractivity contribution in [3.8, 4) is 11.5 Å². The molecule has 0 N–H and O–H groups in total. The van der Waals surface area contributed by atoms with Crippen molar-refractivity contribution in [2.45, 2.75) is 25.5 Å². The van der Waals surface area contributed by atoms with Gasteiger partial charge in [0.25, 0.3) is 11.8 Å². The molecule has 4 rings (SSSR count). The second-order valence-corrected chi connectivity index (χ2v) is 6.69. The average Bonchev–Trinajstić information content (AvgIpc) is 3.07. The summed E-state index contributed by atoms with van der Waals surface area (Å²) in [7, 11) is 2.10. The number of aryl methyl sites for hydroxylation is 1. The van der Waals surface area contributed by atoms with E-state index in [-0.39, 0.29) is 18.1 Å². The molecule has 0 bridgehead atoms. The van der Waals surface area contributed by atoms with Gasteiger partial charge < -0.3 is 14.2 Å². The quantitative estimate of drug-likeness (QED) is 0.825. The molecule has 2 atom stereocenters. The predicted octanol–water partition coefficient (Wildman–Crippen LogP) is 1.59. The van der Waals surface area contributed by atoms with Gasteiger partial charge in [-0.15, -0.1) is 0 Å². The van der Waals surface area contributed by atoms with Crippen LogP contribution in [-0.4, -0.2) is 71.3 Å². The normalized spacial score (nSPS) is 24.2. The molecule has 0 saturated carbocycles. The van der Waals surface area contributed by atoms with Gasteiger partial charge in [-0.05, 0) is 32.5 Å². The van der Waals surface area contributed by atoms with E-state index < -0.39 is 0 Å². The van der Waals surface area contributed by atoms with Gasteiger partial charge in [-0.2, -0.15) is 4.98 Å². The highest BCUT2D eigenvalue weighted by Gasteiger charge is 2.37. The summed E-state index contributed by atoms with van der Waals surface area (Å²) in [6.45, 7) is 4.81. The highest BCUT2D eigenvalue weighted by Crippen LogP contribution is 2.27. The van der Waals surface area contributed by atoms with Crippen LogP contribution in [-0.2, 0) is 4.74 Å². The predicted molar refractivity (Wildman–Crippen MR) is 91.1 cm³/mol. The molecule has 3 heterocycles. The Kier molecular flexibility index (Phi) is 4.27. The van der Waals surface area contributed by atoms with Gasteiger partial charge in [0.1, 0.15) is 0 Å². The molecule has 0 spiro atoms. The van der Waals surface area contributed by atoms with E-state index in [9.17, 15) is 4.79 Å². The molecule has 1 amide bonds. The molecule has 7 nitrogen and oxygen atoms in total. The zero-order valence-electron chi connectivity index (χ0n) is 14.5. The molecule has 0 unspecified atom stereocenters. The molecule has 2 aromatic rings. The lowest BCUT2D eigenvalue weighted by molar-refractivity contribution is -0.0893. The van der Waals surface area contributed by atoms with Crippen molar-refractivity contribution >= 4 is 5.91 Å². The van der Waals surface area contributed by atoms with Crippen molar-refractivity contribution in [3.05, 3.63) is 35.7 Å². The Labute approximate surface area is 146 Å². The number of carbonyl (C=O) groups excluding carboxylic acids is 1. The smallest absolute Gasteiger partial charge is 0.258 e. The van der Waals surface area contributed by atoms with Crippen LogP contribution in [0, 0.1) is 6.92 Å². The Morgan fingerprint density at radius 1 is 1.28 bits per heavy atom. The van der Waals surface area contributed by atoms with Crippen molar-refractivity contribution in [1.29, 1.82) is 0 Å². The molecule has 2 saturated heterocycles. The van der Waals surface area contributed by atoms with Crippen LogP contribution in [0.25, 0.3) is 11.5 Å². The molecule has 1 aromatic heterocycles. The van der Waals surface area contributed by atoms with E-state index in [1.54, 1.807) is 6.92 Å². The summed E-state index contributed by atoms with van der Waals surface area (Å²) >= 11 is 0. The first kappa shape index (κ1) is 16.2. The fraction of sp³-hybridized carbons (Fsp3) is 0.500. The van der Waals surface area contributed by atoms with E-state index in [4.69, 9.17) is 9.26 Å². The van der Waals surface area contributed by atoms with Gasteiger partial charge in [-0.1, -0.05) is 17.3 Å². The van der Waals surface area contributed by atoms with Crippen LogP contribution in [0.1, 0.15) is 22.6 Å². The number of fused-ring (bicyclic) bond motifs is 1. The fourth-order valence-electron chi connectivity index (χ4n) is 3.66. The van der Waals surface area contributed by atoms with Crippen molar-refractivity contribution < 1.29 is 14.1 Å². The van der Waals surface area contributed by atoms with Crippen molar-refractivity contribution in [2.24, 2.45) is 0 Å². The lowest BCUT2D eigenvalue weighted by atomic mass is 9.97. The molecular weight excluding hydrogens is 320 g/mol. The number of amides is 1. The molecule has 7 heteroatoms. The first-order valence-electron chi connectivity index (χ1n) is 8.64. The number of likely N-dealkylation sites (N-methyl/N-ethyl adjacent to an activating group) is 1. The molecule has 1 aromatic carbocycles. The topological polar surface area (TPSA) is 71.7 Å². The Hall–Kier alpha value is -2.25. The van der Waals surface area contributed by atoms with Crippen LogP contribution in [0.5, 0.6) is 0 Å². The monoisotopic (exact) mass is 342 g/mol. The minimum atomic E-state index is 0.00359. The van der Waals surface area contributed by atoms with E-state index in [0.717, 1.165) is 19.6 Å². The molecule has 2 aliphatic heterocycles. The zero-order chi connectivity index (χ0) is 17.4. The number of benzene rings is 1. The van der Waals surface area contributed by atoms with E-state index in [1.807, 2.05) is 29.2 Å². The maximum atomic E-state index is 13.2. The minimum Gasteiger partial charge on any atom is -0.375 e. The maximum absolute atomic E-state index is 13.2. The van der Waals surface area contributed by atoms with Crippen molar-refractivity contribution in [2.75, 3.05) is 33.3 Å². The third-order valence-corrected chi connectivity index (χ3v) is 5.06. The standard InChI is InChI=1S/C18H22N4O3/c1-12-19-17(25-20-12)13-5-3-4-6-14(13)18(23)22-8-7-16-15(11-22)21(2)9-10-24-16/h3-6,15-16H,7-11H2,1-2H3/t15-,16-/m1/s1. The Balaban J connectivity index is 1.59. The lowest BCUT2D eigenvalue weighted by Crippen LogP contribution is -2.59. The second-order valence-electron chi connectivity index (χ2n) is 6.69. The fourth-order valence-corrected chi connectivity index (χ4v) is 3.66. The maximum Gasteiger partial charge on any atom is 0.258 e. The summed E-state index contributed by atoms with van der Waals surface area (Å²) in [6.07, 6.45) is 1.08. The zero-order valence-corrected chi connectivity index (χ0v) is 14.5. The number of piperidine rings is 1. The molecule has 0 radical (unpaired) electrons. The molecule has 0 aliphatic carbocycles. The summed E-state index contributed by atoms with van der Waals surface area (Å²) in [5, 5.41) is 3.84. The van der Waals surface area contributed by atoms with Crippen LogP contribution < -0.4 is 0 Å². The Morgan fingerprint density at radius 3 is 2.92 bits per heavy atom. The van der Waals surface area contributed by atoms with Crippen LogP contribution in [0.4, 0.5) is 0 Å². The van der Waals surface area contributed by atoms with Crippen LogP contribution in [0.2, 0.25) is 0 Å². The molecule has 2 aliphatic rings. The SMILES string of the molecule is Cc1noc(-c2ccccc2C(=O)N2CC[C@H]3OCCN(C)[C@@H]3C2)n1. The highest BCUT2D eigenvalue weighted by atomic mass is 16.5. The van der Waals surface area contributed by atoms with Crippen LogP contribution in [0.15, 0.2) is 28.8 Å². The average molecular weight is 342 g/mol. The molecular formula is C18H22N4O3. The number of hydrogen-bond donors (Lipinski definition) is 0. The number of ether oxygens (including phenoxy) is 1. The number of nitrogens with zero attached hydrogens (tertiary/aromatic N) is 4. The minimum absolute atomic E-state index is 0.00359. The van der Waals surface area contributed by atoms with Gasteiger partial charge in [-0.25, -0.2) is 0 Å². The van der Waals surface area contributed by atoms with E-state index in [2.05, 4.69) is 22.1 Å². The third kappa shape index (κ3) is 3.05. The summed E-state index contributed by atoms with van der Waals surface area (Å²) in [5.41, 5.74) is 1.28. The van der Waals surface area contributed by atoms with Crippen molar-refractivity contribution in [1.82, 2.24) is 19.9 Å². The van der Waals surface area contributed by atoms with Gasteiger partial charge in [0.2, 0.25) is 0 Å². The van der Waals surface area contributed by atoms with E-state index in [0.29, 0.717) is 35.9 Å². The van der Waals surface area contributed by atoms with E-state index in [1.165, 1.54) is 0 Å². The third-order valence-electron chi connectivity index (χ3n) is 5.06.